The Balaban J connectivity index is 2.15. The zero-order valence-electron chi connectivity index (χ0n) is 9.31. The summed E-state index contributed by atoms with van der Waals surface area (Å²) < 4.78 is 13.2. The maximum Gasteiger partial charge on any atom is 0.287 e. The minimum atomic E-state index is -0.609. The monoisotopic (exact) mass is 327 g/mol. The number of aromatic amines is 1. The molecule has 0 saturated carbocycles. The molecule has 0 aliphatic rings. The number of carbonyl (C=O) groups is 1. The zero-order valence-corrected chi connectivity index (χ0v) is 10.9. The summed E-state index contributed by atoms with van der Waals surface area (Å²) in [6.45, 7) is 0. The highest BCUT2D eigenvalue weighted by Gasteiger charge is 2.14. The van der Waals surface area contributed by atoms with Crippen molar-refractivity contribution in [3.8, 4) is 0 Å². The van der Waals surface area contributed by atoms with Crippen molar-refractivity contribution in [2.75, 3.05) is 5.32 Å². The van der Waals surface area contributed by atoms with Crippen LogP contribution in [0.2, 0.25) is 0 Å². The number of benzene rings is 1. The molecule has 2 aromatic rings. The molecule has 0 fully saturated rings. The molecule has 0 saturated heterocycles. The molecule has 0 atom stereocenters. The van der Waals surface area contributed by atoms with E-state index in [4.69, 9.17) is 0 Å². The van der Waals surface area contributed by atoms with Crippen LogP contribution in [0, 0.1) is 15.9 Å². The number of carbonyl (C=O) groups excluding carboxylic acids is 1. The lowest BCUT2D eigenvalue weighted by molar-refractivity contribution is -0.384. The molecule has 0 bridgehead atoms. The second-order valence-electron chi connectivity index (χ2n) is 3.61. The lowest BCUT2D eigenvalue weighted by Gasteiger charge is -2.04. The molecule has 1 heterocycles. The summed E-state index contributed by atoms with van der Waals surface area (Å²) >= 11 is 2.99. The molecule has 0 aliphatic carbocycles. The van der Waals surface area contributed by atoms with Crippen molar-refractivity contribution in [1.82, 2.24) is 4.98 Å². The Bertz CT molecular complexity index is 656. The van der Waals surface area contributed by atoms with Gasteiger partial charge in [-0.25, -0.2) is 4.39 Å². The Morgan fingerprint density at radius 3 is 2.74 bits per heavy atom. The number of aromatic nitrogens is 1. The number of rotatable bonds is 3. The van der Waals surface area contributed by atoms with E-state index in [-0.39, 0.29) is 15.9 Å². The van der Waals surface area contributed by atoms with E-state index in [1.165, 1.54) is 18.2 Å². The number of H-pyrrole nitrogens is 1. The van der Waals surface area contributed by atoms with E-state index < -0.39 is 16.6 Å². The molecule has 0 aliphatic heterocycles. The van der Waals surface area contributed by atoms with Gasteiger partial charge in [0, 0.05) is 11.8 Å². The predicted molar refractivity (Wildman–Crippen MR) is 69.5 cm³/mol. The maximum absolute atomic E-state index is 13.0. The Morgan fingerprint density at radius 1 is 1.42 bits per heavy atom. The van der Waals surface area contributed by atoms with Crippen LogP contribution in [0.5, 0.6) is 0 Å². The molecule has 2 rings (SSSR count). The fourth-order valence-corrected chi connectivity index (χ4v) is 1.77. The molecule has 0 unspecified atom stereocenters. The van der Waals surface area contributed by atoms with Crippen LogP contribution < -0.4 is 5.32 Å². The standard InChI is InChI=1S/C11H7BrFN3O3/c12-8-3-6(1-2-9(8)13)15-11(17)10-4-7(5-14-10)16(18)19/h1-5,14H,(H,15,17). The lowest BCUT2D eigenvalue weighted by Crippen LogP contribution is -2.12. The lowest BCUT2D eigenvalue weighted by atomic mass is 10.3. The fraction of sp³-hybridized carbons (Fsp3) is 0. The van der Waals surface area contributed by atoms with E-state index in [1.807, 2.05) is 0 Å². The number of nitrogens with one attached hydrogen (secondary N) is 2. The Morgan fingerprint density at radius 2 is 2.16 bits per heavy atom. The molecule has 98 valence electrons. The number of nitro groups is 1. The molecule has 1 aromatic carbocycles. The van der Waals surface area contributed by atoms with Gasteiger partial charge in [-0.2, -0.15) is 0 Å². The van der Waals surface area contributed by atoms with E-state index >= 15 is 0 Å². The average Bonchev–Trinajstić information content (AvgIpc) is 2.83. The number of hydrogen-bond acceptors (Lipinski definition) is 3. The molecule has 0 spiro atoms. The summed E-state index contributed by atoms with van der Waals surface area (Å²) in [6.07, 6.45) is 1.12. The van der Waals surface area contributed by atoms with Crippen LogP contribution in [0.3, 0.4) is 0 Å². The SMILES string of the molecule is O=C(Nc1ccc(F)c(Br)c1)c1cc([N+](=O)[O-])c[nH]1. The molecular formula is C11H7BrFN3O3. The Labute approximate surface area is 114 Å². The van der Waals surface area contributed by atoms with Gasteiger partial charge in [0.05, 0.1) is 15.6 Å². The number of anilines is 1. The summed E-state index contributed by atoms with van der Waals surface area (Å²) in [7, 11) is 0. The van der Waals surface area contributed by atoms with Gasteiger partial charge in [-0.3, -0.25) is 14.9 Å². The number of amides is 1. The molecule has 1 amide bonds. The normalized spacial score (nSPS) is 10.2. The van der Waals surface area contributed by atoms with Crippen molar-refractivity contribution in [2.24, 2.45) is 0 Å². The van der Waals surface area contributed by atoms with Gasteiger partial charge in [0.2, 0.25) is 0 Å². The van der Waals surface area contributed by atoms with Gasteiger partial charge in [-0.05, 0) is 34.1 Å². The van der Waals surface area contributed by atoms with Crippen molar-refractivity contribution in [3.63, 3.8) is 0 Å². The van der Waals surface area contributed by atoms with E-state index in [1.54, 1.807) is 0 Å². The zero-order chi connectivity index (χ0) is 14.0. The summed E-state index contributed by atoms with van der Waals surface area (Å²) in [6, 6.07) is 5.09. The van der Waals surface area contributed by atoms with Gasteiger partial charge in [0.1, 0.15) is 11.5 Å². The van der Waals surface area contributed by atoms with Crippen LogP contribution in [0.1, 0.15) is 10.5 Å². The second-order valence-corrected chi connectivity index (χ2v) is 4.47. The van der Waals surface area contributed by atoms with Crippen molar-refractivity contribution in [3.05, 3.63) is 56.6 Å². The van der Waals surface area contributed by atoms with Gasteiger partial charge in [0.15, 0.2) is 0 Å². The first-order valence-electron chi connectivity index (χ1n) is 5.06. The maximum atomic E-state index is 13.0. The smallest absolute Gasteiger partial charge is 0.287 e. The minimum Gasteiger partial charge on any atom is -0.351 e. The highest BCUT2D eigenvalue weighted by Crippen LogP contribution is 2.21. The van der Waals surface area contributed by atoms with Gasteiger partial charge < -0.3 is 10.3 Å². The third-order valence-electron chi connectivity index (χ3n) is 2.30. The van der Waals surface area contributed by atoms with Crippen LogP contribution in [-0.4, -0.2) is 15.8 Å². The highest BCUT2D eigenvalue weighted by molar-refractivity contribution is 9.10. The first kappa shape index (κ1) is 13.2. The van der Waals surface area contributed by atoms with Crippen molar-refractivity contribution in [1.29, 1.82) is 0 Å². The third kappa shape index (κ3) is 2.97. The van der Waals surface area contributed by atoms with Gasteiger partial charge >= 0.3 is 0 Å². The summed E-state index contributed by atoms with van der Waals surface area (Å²) in [5, 5.41) is 13.0. The Hall–Kier alpha value is -2.22. The van der Waals surface area contributed by atoms with E-state index in [0.29, 0.717) is 5.69 Å². The van der Waals surface area contributed by atoms with Crippen molar-refractivity contribution < 1.29 is 14.1 Å². The van der Waals surface area contributed by atoms with E-state index in [0.717, 1.165) is 12.3 Å². The van der Waals surface area contributed by atoms with Crippen LogP contribution in [0.4, 0.5) is 15.8 Å². The summed E-state index contributed by atoms with van der Waals surface area (Å²) in [5.41, 5.74) is 0.216. The number of halogens is 2. The topological polar surface area (TPSA) is 88.0 Å². The predicted octanol–water partition coefficient (Wildman–Crippen LogP) is 3.08. The first-order valence-corrected chi connectivity index (χ1v) is 5.86. The molecular weight excluding hydrogens is 321 g/mol. The molecule has 0 radical (unpaired) electrons. The number of nitrogens with zero attached hydrogens (tertiary/aromatic N) is 1. The molecule has 2 N–H and O–H groups in total. The molecule has 6 nitrogen and oxygen atoms in total. The Kier molecular flexibility index (Phi) is 3.61. The van der Waals surface area contributed by atoms with Crippen LogP contribution in [0.25, 0.3) is 0 Å². The average molecular weight is 328 g/mol. The minimum absolute atomic E-state index is 0.0483. The molecule has 1 aromatic heterocycles. The highest BCUT2D eigenvalue weighted by atomic mass is 79.9. The third-order valence-corrected chi connectivity index (χ3v) is 2.91. The first-order chi connectivity index (χ1) is 8.97. The van der Waals surface area contributed by atoms with Gasteiger partial charge in [0.25, 0.3) is 11.6 Å². The quantitative estimate of drug-likeness (QED) is 0.670. The van der Waals surface area contributed by atoms with E-state index in [9.17, 15) is 19.3 Å². The number of hydrogen-bond donors (Lipinski definition) is 2. The largest absolute Gasteiger partial charge is 0.351 e. The van der Waals surface area contributed by atoms with Crippen LogP contribution in [-0.2, 0) is 0 Å². The summed E-state index contributed by atoms with van der Waals surface area (Å²) in [5.74, 6) is -1.000. The second kappa shape index (κ2) is 5.19. The van der Waals surface area contributed by atoms with Crippen molar-refractivity contribution >= 4 is 33.2 Å². The van der Waals surface area contributed by atoms with Gasteiger partial charge in [-0.1, -0.05) is 0 Å². The van der Waals surface area contributed by atoms with Gasteiger partial charge in [-0.15, -0.1) is 0 Å². The summed E-state index contributed by atoms with van der Waals surface area (Å²) in [4.78, 5) is 24.1. The van der Waals surface area contributed by atoms with Crippen LogP contribution >= 0.6 is 15.9 Å². The molecule has 19 heavy (non-hydrogen) atoms. The molecule has 8 heteroatoms. The van der Waals surface area contributed by atoms with Crippen LogP contribution in [0.15, 0.2) is 34.9 Å². The van der Waals surface area contributed by atoms with E-state index in [2.05, 4.69) is 26.2 Å². The van der Waals surface area contributed by atoms with Crippen molar-refractivity contribution in [2.45, 2.75) is 0 Å². The fourth-order valence-electron chi connectivity index (χ4n) is 1.39.